The van der Waals surface area contributed by atoms with E-state index < -0.39 is 18.2 Å². The Morgan fingerprint density at radius 2 is 1.93 bits per heavy atom. The Kier molecular flexibility index (Phi) is 4.31. The number of nitrogens with zero attached hydrogens (tertiary/aromatic N) is 4. The van der Waals surface area contributed by atoms with E-state index in [1.54, 1.807) is 0 Å². The quantitative estimate of drug-likeness (QED) is 0.773. The van der Waals surface area contributed by atoms with Gasteiger partial charge in [-0.2, -0.15) is 18.3 Å². The number of likely N-dealkylation sites (tertiary alicyclic amines) is 1. The van der Waals surface area contributed by atoms with Gasteiger partial charge in [0.2, 0.25) is 0 Å². The molecule has 0 unspecified atom stereocenters. The van der Waals surface area contributed by atoms with Crippen molar-refractivity contribution in [2.24, 2.45) is 11.8 Å². The van der Waals surface area contributed by atoms with Gasteiger partial charge in [-0.15, -0.1) is 0 Å². The van der Waals surface area contributed by atoms with Crippen LogP contribution in [0.2, 0.25) is 0 Å². The fourth-order valence-electron chi connectivity index (χ4n) is 5.63. The van der Waals surface area contributed by atoms with E-state index in [4.69, 9.17) is 5.10 Å². The minimum absolute atomic E-state index is 0.00725. The van der Waals surface area contributed by atoms with Crippen LogP contribution in [-0.2, 0) is 5.41 Å². The van der Waals surface area contributed by atoms with Crippen molar-refractivity contribution in [1.82, 2.24) is 19.5 Å². The van der Waals surface area contributed by atoms with Crippen LogP contribution in [0, 0.1) is 18.8 Å². The molecular weight excluding hydrogens is 397 g/mol. The molecule has 6 nitrogen and oxygen atoms in total. The van der Waals surface area contributed by atoms with E-state index in [1.165, 1.54) is 4.90 Å². The van der Waals surface area contributed by atoms with Crippen molar-refractivity contribution in [2.75, 3.05) is 13.1 Å². The van der Waals surface area contributed by atoms with Crippen LogP contribution < -0.4 is 0 Å². The van der Waals surface area contributed by atoms with E-state index in [0.717, 1.165) is 29.9 Å². The third-order valence-corrected chi connectivity index (χ3v) is 7.42. The smallest absolute Gasteiger partial charge is 0.407 e. The van der Waals surface area contributed by atoms with Crippen molar-refractivity contribution in [3.8, 4) is 0 Å². The molecule has 0 spiro atoms. The highest BCUT2D eigenvalue weighted by atomic mass is 19.4. The molecule has 0 radical (unpaired) electrons. The molecule has 9 heteroatoms. The van der Waals surface area contributed by atoms with Gasteiger partial charge in [0.15, 0.2) is 5.65 Å². The maximum Gasteiger partial charge on any atom is 0.407 e. The van der Waals surface area contributed by atoms with Gasteiger partial charge in [-0.1, -0.05) is 0 Å². The summed E-state index contributed by atoms with van der Waals surface area (Å²) in [4.78, 5) is 17.6. The number of hydrogen-bond acceptors (Lipinski definition) is 3. The van der Waals surface area contributed by atoms with Gasteiger partial charge >= 0.3 is 12.3 Å². The van der Waals surface area contributed by atoms with Crippen LogP contribution in [0.15, 0.2) is 12.1 Å². The van der Waals surface area contributed by atoms with E-state index in [-0.39, 0.29) is 24.2 Å². The third kappa shape index (κ3) is 3.13. The number of amides is 1. The molecule has 1 aliphatic heterocycles. The molecule has 30 heavy (non-hydrogen) atoms. The van der Waals surface area contributed by atoms with Crippen molar-refractivity contribution >= 4 is 11.7 Å². The molecular formula is C21H25F3N4O2. The Bertz CT molecular complexity index is 996. The number of halogens is 3. The molecule has 0 bridgehead atoms. The summed E-state index contributed by atoms with van der Waals surface area (Å²) < 4.78 is 40.8. The summed E-state index contributed by atoms with van der Waals surface area (Å²) >= 11 is 0. The zero-order chi connectivity index (χ0) is 21.3. The summed E-state index contributed by atoms with van der Waals surface area (Å²) in [5, 5.41) is 14.3. The highest BCUT2D eigenvalue weighted by Gasteiger charge is 2.60. The van der Waals surface area contributed by atoms with E-state index >= 15 is 0 Å². The summed E-state index contributed by atoms with van der Waals surface area (Å²) in [6.45, 7) is 2.93. The molecule has 1 amide bonds. The Labute approximate surface area is 172 Å². The predicted octanol–water partition coefficient (Wildman–Crippen LogP) is 4.52. The Morgan fingerprint density at radius 1 is 1.20 bits per heavy atom. The lowest BCUT2D eigenvalue weighted by molar-refractivity contribution is -0.182. The van der Waals surface area contributed by atoms with Crippen molar-refractivity contribution in [1.29, 1.82) is 0 Å². The van der Waals surface area contributed by atoms with Gasteiger partial charge < -0.3 is 10.0 Å². The maximum atomic E-state index is 13.0. The predicted molar refractivity (Wildman–Crippen MR) is 102 cm³/mol. The summed E-state index contributed by atoms with van der Waals surface area (Å²) in [6, 6.07) is 3.90. The highest BCUT2D eigenvalue weighted by molar-refractivity contribution is 5.66. The Balaban J connectivity index is 1.46. The van der Waals surface area contributed by atoms with Gasteiger partial charge in [0.05, 0.1) is 17.3 Å². The average Bonchev–Trinajstić information content (AvgIpc) is 3.29. The molecule has 1 saturated heterocycles. The summed E-state index contributed by atoms with van der Waals surface area (Å²) in [5.74, 6) is -0.766. The van der Waals surface area contributed by atoms with Gasteiger partial charge in [0.25, 0.3) is 0 Å². The number of carboxylic acid groups (broad SMARTS) is 1. The van der Waals surface area contributed by atoms with Crippen LogP contribution in [0.1, 0.15) is 61.5 Å². The summed E-state index contributed by atoms with van der Waals surface area (Å²) in [6.07, 6.45) is -2.02. The fourth-order valence-corrected chi connectivity index (χ4v) is 5.63. The first-order valence-corrected chi connectivity index (χ1v) is 10.6. The molecule has 3 aliphatic rings. The van der Waals surface area contributed by atoms with Crippen LogP contribution in [0.3, 0.4) is 0 Å². The average molecular weight is 422 g/mol. The summed E-state index contributed by atoms with van der Waals surface area (Å²) in [7, 11) is 0. The second kappa shape index (κ2) is 6.59. The SMILES string of the molecule is Cc1cc([C@]23C[C@H]2CCN(C(=O)O)C3)n2nc(C3CCC(C(F)(F)F)CC3)cc2n1. The number of aromatic nitrogens is 3. The third-order valence-electron chi connectivity index (χ3n) is 7.42. The number of hydrogen-bond donors (Lipinski definition) is 1. The van der Waals surface area contributed by atoms with E-state index in [0.29, 0.717) is 37.5 Å². The van der Waals surface area contributed by atoms with Gasteiger partial charge in [0.1, 0.15) is 0 Å². The lowest BCUT2D eigenvalue weighted by Crippen LogP contribution is -2.42. The largest absolute Gasteiger partial charge is 0.465 e. The minimum Gasteiger partial charge on any atom is -0.465 e. The van der Waals surface area contributed by atoms with Crippen molar-refractivity contribution in [2.45, 2.75) is 63.0 Å². The zero-order valence-corrected chi connectivity index (χ0v) is 16.8. The van der Waals surface area contributed by atoms with Gasteiger partial charge in [-0.3, -0.25) is 0 Å². The van der Waals surface area contributed by atoms with E-state index in [2.05, 4.69) is 4.98 Å². The molecule has 2 aromatic rings. The number of fused-ring (bicyclic) bond motifs is 2. The first-order chi connectivity index (χ1) is 14.2. The van der Waals surface area contributed by atoms with Crippen LogP contribution in [0.25, 0.3) is 5.65 Å². The summed E-state index contributed by atoms with van der Waals surface area (Å²) in [5.41, 5.74) is 3.09. The molecule has 5 rings (SSSR count). The normalized spacial score (nSPS) is 31.6. The Hall–Kier alpha value is -2.32. The maximum absolute atomic E-state index is 13.0. The lowest BCUT2D eigenvalue weighted by Gasteiger charge is -2.31. The lowest BCUT2D eigenvalue weighted by atomic mass is 9.80. The first-order valence-electron chi connectivity index (χ1n) is 10.6. The number of alkyl halides is 3. The van der Waals surface area contributed by atoms with Crippen LogP contribution in [-0.4, -0.2) is 50.0 Å². The van der Waals surface area contributed by atoms with Crippen LogP contribution >= 0.6 is 0 Å². The molecule has 2 aromatic heterocycles. The molecule has 0 aromatic carbocycles. The van der Waals surface area contributed by atoms with E-state index in [9.17, 15) is 23.1 Å². The molecule has 162 valence electrons. The molecule has 2 atom stereocenters. The van der Waals surface area contributed by atoms with Crippen molar-refractivity contribution < 1.29 is 23.1 Å². The molecule has 2 aliphatic carbocycles. The van der Waals surface area contributed by atoms with Crippen LogP contribution in [0.4, 0.5) is 18.0 Å². The molecule has 3 heterocycles. The van der Waals surface area contributed by atoms with E-state index in [1.807, 2.05) is 23.6 Å². The minimum atomic E-state index is -4.12. The van der Waals surface area contributed by atoms with Gasteiger partial charge in [0, 0.05) is 36.2 Å². The number of aryl methyl sites for hydroxylation is 1. The van der Waals surface area contributed by atoms with Crippen molar-refractivity contribution in [3.63, 3.8) is 0 Å². The molecule has 3 fully saturated rings. The second-order valence-corrected chi connectivity index (χ2v) is 9.26. The first kappa shape index (κ1) is 19.6. The van der Waals surface area contributed by atoms with Crippen molar-refractivity contribution in [3.05, 3.63) is 29.2 Å². The standard InChI is InChI=1S/C21H25F3N4O2/c1-12-8-17(20-10-15(20)6-7-27(11-20)19(29)30)28-18(25-12)9-16(26-28)13-2-4-14(5-3-13)21(22,23)24/h8-9,13-15H,2-7,10-11H2,1H3,(H,29,30)/t13?,14?,15-,20+/m1/s1. The Morgan fingerprint density at radius 3 is 2.60 bits per heavy atom. The van der Waals surface area contributed by atoms with Gasteiger partial charge in [-0.05, 0) is 57.4 Å². The number of rotatable bonds is 2. The fraction of sp³-hybridized carbons (Fsp3) is 0.667. The highest BCUT2D eigenvalue weighted by Crippen LogP contribution is 2.58. The number of piperidine rings is 1. The monoisotopic (exact) mass is 422 g/mol. The molecule has 2 saturated carbocycles. The zero-order valence-electron chi connectivity index (χ0n) is 16.8. The van der Waals surface area contributed by atoms with Gasteiger partial charge in [-0.25, -0.2) is 14.3 Å². The topological polar surface area (TPSA) is 70.7 Å². The molecule has 1 N–H and O–H groups in total. The van der Waals surface area contributed by atoms with Crippen LogP contribution in [0.5, 0.6) is 0 Å². The number of carbonyl (C=O) groups is 1. The second-order valence-electron chi connectivity index (χ2n) is 9.26.